The summed E-state index contributed by atoms with van der Waals surface area (Å²) in [6, 6.07) is 6.94. The van der Waals surface area contributed by atoms with Gasteiger partial charge in [0.2, 0.25) is 0 Å². The highest BCUT2D eigenvalue weighted by molar-refractivity contribution is 6.30. The largest absolute Gasteiger partial charge is 0.309 e. The fraction of sp³-hybridized carbons (Fsp3) is 0.417. The number of nitrogens with zero attached hydrogens (tertiary/aromatic N) is 1. The Morgan fingerprint density at radius 1 is 1.56 bits per heavy atom. The van der Waals surface area contributed by atoms with Crippen LogP contribution in [-0.2, 0) is 6.54 Å². The Bertz CT molecular complexity index is 387. The first-order valence-corrected chi connectivity index (χ1v) is 5.59. The number of benzene rings is 1. The summed E-state index contributed by atoms with van der Waals surface area (Å²) in [5.41, 5.74) is 0.919. The molecule has 0 spiro atoms. The highest BCUT2D eigenvalue weighted by atomic mass is 35.5. The molecule has 0 saturated heterocycles. The van der Waals surface area contributed by atoms with E-state index < -0.39 is 5.82 Å². The van der Waals surface area contributed by atoms with Crippen molar-refractivity contribution in [3.63, 3.8) is 0 Å². The van der Waals surface area contributed by atoms with E-state index in [9.17, 15) is 4.39 Å². The van der Waals surface area contributed by atoms with Gasteiger partial charge >= 0.3 is 0 Å². The Balaban J connectivity index is 2.54. The zero-order valence-electron chi connectivity index (χ0n) is 9.13. The van der Waals surface area contributed by atoms with Crippen LogP contribution in [0.3, 0.4) is 0 Å². The summed E-state index contributed by atoms with van der Waals surface area (Å²) < 4.78 is 12.9. The van der Waals surface area contributed by atoms with Crippen LogP contribution in [-0.4, -0.2) is 6.04 Å². The molecule has 86 valence electrons. The van der Waals surface area contributed by atoms with E-state index in [0.717, 1.165) is 12.0 Å². The van der Waals surface area contributed by atoms with Crippen molar-refractivity contribution in [1.82, 2.24) is 5.32 Å². The van der Waals surface area contributed by atoms with E-state index in [1.165, 1.54) is 6.07 Å². The van der Waals surface area contributed by atoms with Gasteiger partial charge in [-0.2, -0.15) is 5.26 Å². The minimum absolute atomic E-state index is 0.132. The number of rotatable bonds is 5. The first kappa shape index (κ1) is 13.0. The number of halogens is 2. The number of nitriles is 1. The van der Waals surface area contributed by atoms with Crippen LogP contribution in [0.15, 0.2) is 18.2 Å². The summed E-state index contributed by atoms with van der Waals surface area (Å²) in [6.45, 7) is 2.62. The number of hydrogen-bond donors (Lipinski definition) is 1. The quantitative estimate of drug-likeness (QED) is 0.858. The van der Waals surface area contributed by atoms with Crippen LogP contribution in [0.5, 0.6) is 0 Å². The Hall–Kier alpha value is -1.11. The smallest absolute Gasteiger partial charge is 0.141 e. The van der Waals surface area contributed by atoms with E-state index in [2.05, 4.69) is 11.4 Å². The van der Waals surface area contributed by atoms with Crippen LogP contribution in [0, 0.1) is 17.1 Å². The SMILES string of the molecule is CCC(CC#N)NCc1ccc(F)c(Cl)c1. The minimum Gasteiger partial charge on any atom is -0.309 e. The van der Waals surface area contributed by atoms with E-state index in [0.29, 0.717) is 13.0 Å². The summed E-state index contributed by atoms with van der Waals surface area (Å²) in [5, 5.41) is 11.9. The third kappa shape index (κ3) is 3.80. The first-order chi connectivity index (χ1) is 7.67. The molecule has 1 unspecified atom stereocenters. The Kier molecular flexibility index (Phi) is 5.24. The maximum Gasteiger partial charge on any atom is 0.141 e. The van der Waals surface area contributed by atoms with Gasteiger partial charge in [-0.1, -0.05) is 24.6 Å². The predicted molar refractivity (Wildman–Crippen MR) is 62.6 cm³/mol. The Labute approximate surface area is 100 Å². The zero-order chi connectivity index (χ0) is 12.0. The van der Waals surface area contributed by atoms with Gasteiger partial charge in [0, 0.05) is 12.6 Å². The number of hydrogen-bond acceptors (Lipinski definition) is 2. The van der Waals surface area contributed by atoms with Crippen LogP contribution in [0.25, 0.3) is 0 Å². The van der Waals surface area contributed by atoms with Crippen molar-refractivity contribution < 1.29 is 4.39 Å². The molecule has 1 N–H and O–H groups in total. The lowest BCUT2D eigenvalue weighted by molar-refractivity contribution is 0.504. The highest BCUT2D eigenvalue weighted by Gasteiger charge is 2.05. The van der Waals surface area contributed by atoms with Crippen LogP contribution < -0.4 is 5.32 Å². The molecule has 0 bridgehead atoms. The van der Waals surface area contributed by atoms with Gasteiger partial charge < -0.3 is 5.32 Å². The fourth-order valence-corrected chi connectivity index (χ4v) is 1.59. The lowest BCUT2D eigenvalue weighted by Crippen LogP contribution is -2.27. The van der Waals surface area contributed by atoms with Gasteiger partial charge in [0.1, 0.15) is 5.82 Å². The predicted octanol–water partition coefficient (Wildman–Crippen LogP) is 3.26. The van der Waals surface area contributed by atoms with Gasteiger partial charge in [-0.15, -0.1) is 0 Å². The van der Waals surface area contributed by atoms with Crippen molar-refractivity contribution in [2.75, 3.05) is 0 Å². The summed E-state index contributed by atoms with van der Waals surface area (Å²) in [7, 11) is 0. The zero-order valence-corrected chi connectivity index (χ0v) is 9.89. The van der Waals surface area contributed by atoms with Crippen molar-refractivity contribution in [3.8, 4) is 6.07 Å². The van der Waals surface area contributed by atoms with E-state index in [1.807, 2.05) is 6.92 Å². The monoisotopic (exact) mass is 240 g/mol. The maximum absolute atomic E-state index is 12.9. The van der Waals surface area contributed by atoms with Crippen molar-refractivity contribution in [1.29, 1.82) is 5.26 Å². The van der Waals surface area contributed by atoms with Crippen molar-refractivity contribution in [2.45, 2.75) is 32.4 Å². The standard InChI is InChI=1S/C12H14ClFN2/c1-2-10(5-6-15)16-8-9-3-4-12(14)11(13)7-9/h3-4,7,10,16H,2,5,8H2,1H3. The Morgan fingerprint density at radius 2 is 2.31 bits per heavy atom. The average Bonchev–Trinajstić information content (AvgIpc) is 2.28. The molecule has 0 heterocycles. The molecule has 0 aliphatic rings. The molecule has 1 aromatic carbocycles. The number of nitrogens with one attached hydrogen (secondary N) is 1. The van der Waals surface area contributed by atoms with Gasteiger partial charge in [-0.25, -0.2) is 4.39 Å². The molecule has 16 heavy (non-hydrogen) atoms. The topological polar surface area (TPSA) is 35.8 Å². The molecule has 0 aromatic heterocycles. The van der Waals surface area contributed by atoms with Gasteiger partial charge in [0.05, 0.1) is 17.5 Å². The average molecular weight is 241 g/mol. The molecule has 4 heteroatoms. The molecule has 0 fully saturated rings. The van der Waals surface area contributed by atoms with Crippen LogP contribution in [0.4, 0.5) is 4.39 Å². The second-order valence-corrected chi connectivity index (χ2v) is 4.00. The molecule has 2 nitrogen and oxygen atoms in total. The lowest BCUT2D eigenvalue weighted by atomic mass is 10.1. The molecule has 0 aliphatic heterocycles. The van der Waals surface area contributed by atoms with E-state index in [4.69, 9.17) is 16.9 Å². The van der Waals surface area contributed by atoms with Crippen LogP contribution in [0.2, 0.25) is 5.02 Å². The molecule has 0 aliphatic carbocycles. The van der Waals surface area contributed by atoms with E-state index in [-0.39, 0.29) is 11.1 Å². The molecule has 1 atom stereocenters. The van der Waals surface area contributed by atoms with Gasteiger partial charge in [-0.3, -0.25) is 0 Å². The maximum atomic E-state index is 12.9. The van der Waals surface area contributed by atoms with Crippen molar-refractivity contribution >= 4 is 11.6 Å². The molecule has 1 aromatic rings. The molecular weight excluding hydrogens is 227 g/mol. The van der Waals surface area contributed by atoms with E-state index >= 15 is 0 Å². The van der Waals surface area contributed by atoms with Gasteiger partial charge in [-0.05, 0) is 24.1 Å². The third-order valence-corrected chi connectivity index (χ3v) is 2.70. The molecule has 0 amide bonds. The lowest BCUT2D eigenvalue weighted by Gasteiger charge is -2.13. The second kappa shape index (κ2) is 6.47. The molecule has 0 saturated carbocycles. The Morgan fingerprint density at radius 3 is 2.88 bits per heavy atom. The first-order valence-electron chi connectivity index (χ1n) is 5.21. The second-order valence-electron chi connectivity index (χ2n) is 3.60. The summed E-state index contributed by atoms with van der Waals surface area (Å²) in [4.78, 5) is 0. The van der Waals surface area contributed by atoms with Crippen LogP contribution in [0.1, 0.15) is 25.3 Å². The summed E-state index contributed by atoms with van der Waals surface area (Å²) >= 11 is 5.67. The van der Waals surface area contributed by atoms with Crippen molar-refractivity contribution in [2.24, 2.45) is 0 Å². The third-order valence-electron chi connectivity index (χ3n) is 2.41. The van der Waals surface area contributed by atoms with Crippen LogP contribution >= 0.6 is 11.6 Å². The summed E-state index contributed by atoms with van der Waals surface area (Å²) in [5.74, 6) is -0.408. The van der Waals surface area contributed by atoms with Gasteiger partial charge in [0.25, 0.3) is 0 Å². The fourth-order valence-electron chi connectivity index (χ4n) is 1.38. The molecular formula is C12H14ClFN2. The minimum atomic E-state index is -0.408. The van der Waals surface area contributed by atoms with Crippen molar-refractivity contribution in [3.05, 3.63) is 34.6 Å². The molecule has 1 rings (SSSR count). The van der Waals surface area contributed by atoms with E-state index in [1.54, 1.807) is 12.1 Å². The molecule has 0 radical (unpaired) electrons. The summed E-state index contributed by atoms with van der Waals surface area (Å²) in [6.07, 6.45) is 1.37. The normalized spacial score (nSPS) is 12.1. The van der Waals surface area contributed by atoms with Gasteiger partial charge in [0.15, 0.2) is 0 Å². The highest BCUT2D eigenvalue weighted by Crippen LogP contribution is 2.16.